The lowest BCUT2D eigenvalue weighted by atomic mass is 9.76. The summed E-state index contributed by atoms with van der Waals surface area (Å²) in [5.41, 5.74) is -0.942. The van der Waals surface area contributed by atoms with Gasteiger partial charge in [0.05, 0.1) is 6.04 Å². The molecule has 0 aromatic heterocycles. The Labute approximate surface area is 141 Å². The quantitative estimate of drug-likeness (QED) is 0.892. The van der Waals surface area contributed by atoms with Crippen molar-refractivity contribution in [2.45, 2.75) is 54.2 Å². The predicted molar refractivity (Wildman–Crippen MR) is 87.4 cm³/mol. The molecule has 1 N–H and O–H groups in total. The van der Waals surface area contributed by atoms with E-state index < -0.39 is 34.6 Å². The topological polar surface area (TPSA) is 55.4 Å². The van der Waals surface area contributed by atoms with Crippen molar-refractivity contribution in [2.75, 3.05) is 0 Å². The molecule has 0 saturated heterocycles. The third-order valence-corrected chi connectivity index (χ3v) is 3.42. The van der Waals surface area contributed by atoms with Gasteiger partial charge in [-0.15, -0.1) is 0 Å². The van der Waals surface area contributed by atoms with Crippen LogP contribution >= 0.6 is 0 Å². The minimum Gasteiger partial charge on any atom is -0.445 e. The normalized spacial score (nSPS) is 13.3. The summed E-state index contributed by atoms with van der Waals surface area (Å²) in [7, 11) is 0. The van der Waals surface area contributed by atoms with Crippen LogP contribution in [0.4, 0.5) is 13.6 Å². The molecule has 6 heteroatoms. The number of ether oxygens (including phenoxy) is 1. The Hall–Kier alpha value is -1.98. The van der Waals surface area contributed by atoms with Crippen LogP contribution in [0.5, 0.6) is 0 Å². The van der Waals surface area contributed by atoms with Crippen LogP contribution < -0.4 is 5.32 Å². The van der Waals surface area contributed by atoms with E-state index in [1.165, 1.54) is 0 Å². The maximum atomic E-state index is 13.1. The Bertz CT molecular complexity index is 595. The molecule has 4 nitrogen and oxygen atoms in total. The first kappa shape index (κ1) is 20.1. The number of ketones is 1. The first-order valence-electron chi connectivity index (χ1n) is 7.73. The fourth-order valence-corrected chi connectivity index (χ4v) is 2.11. The SMILES string of the molecule is CC(C)(C)C(=O)C(NC(=O)OCc1cc(F)cc(F)c1)C(C)(C)C. The lowest BCUT2D eigenvalue weighted by Crippen LogP contribution is -2.52. The summed E-state index contributed by atoms with van der Waals surface area (Å²) >= 11 is 0. The van der Waals surface area contributed by atoms with Crippen molar-refractivity contribution in [3.8, 4) is 0 Å². The molecule has 0 spiro atoms. The zero-order valence-corrected chi connectivity index (χ0v) is 15.0. The van der Waals surface area contributed by atoms with Crippen molar-refractivity contribution in [1.29, 1.82) is 0 Å². The van der Waals surface area contributed by atoms with Crippen LogP contribution in [0.1, 0.15) is 47.1 Å². The number of hydrogen-bond acceptors (Lipinski definition) is 3. The lowest BCUT2D eigenvalue weighted by molar-refractivity contribution is -0.130. The molecule has 0 aliphatic carbocycles. The van der Waals surface area contributed by atoms with Gasteiger partial charge in [-0.05, 0) is 23.1 Å². The summed E-state index contributed by atoms with van der Waals surface area (Å²) in [6.07, 6.45) is -0.808. The van der Waals surface area contributed by atoms with Crippen LogP contribution in [0.3, 0.4) is 0 Å². The van der Waals surface area contributed by atoms with Gasteiger partial charge in [-0.2, -0.15) is 0 Å². The third-order valence-electron chi connectivity index (χ3n) is 3.42. The molecular formula is C18H25F2NO3. The van der Waals surface area contributed by atoms with Gasteiger partial charge in [-0.1, -0.05) is 41.5 Å². The Balaban J connectivity index is 2.77. The average Bonchev–Trinajstić information content (AvgIpc) is 2.38. The van der Waals surface area contributed by atoms with Crippen LogP contribution in [0.25, 0.3) is 0 Å². The van der Waals surface area contributed by atoms with E-state index in [9.17, 15) is 18.4 Å². The summed E-state index contributed by atoms with van der Waals surface area (Å²) in [5.74, 6) is -1.61. The number of carbonyl (C=O) groups excluding carboxylic acids is 2. The summed E-state index contributed by atoms with van der Waals surface area (Å²) in [6.45, 7) is 10.5. The van der Waals surface area contributed by atoms with Gasteiger partial charge < -0.3 is 10.1 Å². The molecule has 0 bridgehead atoms. The van der Waals surface area contributed by atoms with Crippen molar-refractivity contribution >= 4 is 11.9 Å². The van der Waals surface area contributed by atoms with E-state index in [0.29, 0.717) is 0 Å². The highest BCUT2D eigenvalue weighted by atomic mass is 19.1. The van der Waals surface area contributed by atoms with E-state index in [-0.39, 0.29) is 18.0 Å². The first-order chi connectivity index (χ1) is 10.8. The van der Waals surface area contributed by atoms with Gasteiger partial charge in [0.1, 0.15) is 18.2 Å². The summed E-state index contributed by atoms with van der Waals surface area (Å²) in [4.78, 5) is 24.5. The van der Waals surface area contributed by atoms with Crippen LogP contribution in [0, 0.1) is 22.5 Å². The van der Waals surface area contributed by atoms with Gasteiger partial charge in [0.2, 0.25) is 0 Å². The minimum atomic E-state index is -0.808. The number of hydrogen-bond donors (Lipinski definition) is 1. The van der Waals surface area contributed by atoms with Crippen LogP contribution in [-0.4, -0.2) is 17.9 Å². The monoisotopic (exact) mass is 341 g/mol. The molecule has 1 aromatic rings. The summed E-state index contributed by atoms with van der Waals surface area (Å²) in [6, 6.07) is 2.16. The molecule has 1 aromatic carbocycles. The summed E-state index contributed by atoms with van der Waals surface area (Å²) in [5, 5.41) is 2.56. The van der Waals surface area contributed by atoms with Gasteiger partial charge in [0.15, 0.2) is 5.78 Å². The molecule has 0 saturated carbocycles. The molecule has 134 valence electrons. The Kier molecular flexibility index (Phi) is 6.09. The van der Waals surface area contributed by atoms with Crippen LogP contribution in [-0.2, 0) is 16.1 Å². The van der Waals surface area contributed by atoms with E-state index in [1.54, 1.807) is 20.8 Å². The van der Waals surface area contributed by atoms with Crippen molar-refractivity contribution in [3.05, 3.63) is 35.4 Å². The average molecular weight is 341 g/mol. The first-order valence-corrected chi connectivity index (χ1v) is 7.73. The number of halogens is 2. The van der Waals surface area contributed by atoms with Gasteiger partial charge in [-0.3, -0.25) is 4.79 Å². The number of benzene rings is 1. The molecular weight excluding hydrogens is 316 g/mol. The second-order valence-corrected chi connectivity index (χ2v) is 7.91. The van der Waals surface area contributed by atoms with Crippen LogP contribution in [0.2, 0.25) is 0 Å². The van der Waals surface area contributed by atoms with E-state index in [1.807, 2.05) is 20.8 Å². The van der Waals surface area contributed by atoms with E-state index >= 15 is 0 Å². The van der Waals surface area contributed by atoms with Crippen LogP contribution in [0.15, 0.2) is 18.2 Å². The highest BCUT2D eigenvalue weighted by Crippen LogP contribution is 2.27. The standard InChI is InChI=1S/C18H25F2NO3/c1-17(2,3)14(15(22)18(4,5)6)21-16(23)24-10-11-7-12(19)9-13(20)8-11/h7-9,14H,10H2,1-6H3,(H,21,23). The number of Topliss-reactive ketones (excluding diaryl/α,β-unsaturated/α-hetero) is 1. The fraction of sp³-hybridized carbons (Fsp3) is 0.556. The molecule has 0 fully saturated rings. The fourth-order valence-electron chi connectivity index (χ4n) is 2.11. The predicted octanol–water partition coefficient (Wildman–Crippen LogP) is 4.22. The van der Waals surface area contributed by atoms with Crippen molar-refractivity contribution in [3.63, 3.8) is 0 Å². The van der Waals surface area contributed by atoms with Gasteiger partial charge in [-0.25, -0.2) is 13.6 Å². The molecule has 1 atom stereocenters. The molecule has 1 rings (SSSR count). The molecule has 1 unspecified atom stereocenters. The van der Waals surface area contributed by atoms with E-state index in [4.69, 9.17) is 4.74 Å². The zero-order valence-electron chi connectivity index (χ0n) is 15.0. The number of rotatable bonds is 4. The van der Waals surface area contributed by atoms with E-state index in [0.717, 1.165) is 18.2 Å². The Morgan fingerprint density at radius 2 is 1.54 bits per heavy atom. The minimum absolute atomic E-state index is 0.122. The second kappa shape index (κ2) is 7.28. The van der Waals surface area contributed by atoms with Crippen molar-refractivity contribution < 1.29 is 23.1 Å². The number of nitrogens with one attached hydrogen (secondary N) is 1. The molecule has 1 amide bonds. The zero-order chi connectivity index (χ0) is 18.7. The van der Waals surface area contributed by atoms with Gasteiger partial charge >= 0.3 is 6.09 Å². The number of alkyl carbamates (subject to hydrolysis) is 1. The lowest BCUT2D eigenvalue weighted by Gasteiger charge is -2.34. The maximum Gasteiger partial charge on any atom is 0.408 e. The Morgan fingerprint density at radius 3 is 1.96 bits per heavy atom. The molecule has 0 aliphatic rings. The van der Waals surface area contributed by atoms with Crippen molar-refractivity contribution in [2.24, 2.45) is 10.8 Å². The van der Waals surface area contributed by atoms with Gasteiger partial charge in [0.25, 0.3) is 0 Å². The largest absolute Gasteiger partial charge is 0.445 e. The number of carbonyl (C=O) groups is 2. The smallest absolute Gasteiger partial charge is 0.408 e. The highest BCUT2D eigenvalue weighted by Gasteiger charge is 2.38. The number of amides is 1. The summed E-state index contributed by atoms with van der Waals surface area (Å²) < 4.78 is 31.2. The van der Waals surface area contributed by atoms with Gasteiger partial charge in [0, 0.05) is 11.5 Å². The molecule has 0 heterocycles. The molecule has 0 aliphatic heterocycles. The molecule has 0 radical (unpaired) electrons. The van der Waals surface area contributed by atoms with E-state index in [2.05, 4.69) is 5.32 Å². The highest BCUT2D eigenvalue weighted by molar-refractivity contribution is 5.91. The second-order valence-electron chi connectivity index (χ2n) is 7.91. The Morgan fingerprint density at radius 1 is 1.04 bits per heavy atom. The van der Waals surface area contributed by atoms with Crippen molar-refractivity contribution in [1.82, 2.24) is 5.32 Å². The molecule has 24 heavy (non-hydrogen) atoms. The maximum absolute atomic E-state index is 13.1. The third kappa shape index (κ3) is 5.91.